The maximum atomic E-state index is 11.7. The minimum Gasteiger partial charge on any atom is -0.376 e. The lowest BCUT2D eigenvalue weighted by Crippen LogP contribution is -2.09. The number of ketones is 1. The summed E-state index contributed by atoms with van der Waals surface area (Å²) in [5.74, 6) is -0.0867. The van der Waals surface area contributed by atoms with E-state index < -0.39 is 0 Å². The number of rotatable bonds is 3. The van der Waals surface area contributed by atoms with Gasteiger partial charge in [-0.3, -0.25) is 4.79 Å². The molecule has 16 heavy (non-hydrogen) atoms. The highest BCUT2D eigenvalue weighted by Crippen LogP contribution is 2.17. The largest absolute Gasteiger partial charge is 0.376 e. The molecule has 0 fully saturated rings. The summed E-state index contributed by atoms with van der Waals surface area (Å²) in [5.41, 5.74) is 2.38. The van der Waals surface area contributed by atoms with Crippen molar-refractivity contribution in [1.82, 2.24) is 4.98 Å². The number of pyridine rings is 1. The molecule has 0 radical (unpaired) electrons. The Kier molecular flexibility index (Phi) is 2.97. The number of fused-ring (bicyclic) bond motifs is 1. The second-order valence-corrected chi connectivity index (χ2v) is 3.70. The Morgan fingerprint density at radius 2 is 2.12 bits per heavy atom. The second-order valence-electron chi connectivity index (χ2n) is 3.70. The molecule has 82 valence electrons. The first-order valence-corrected chi connectivity index (χ1v) is 5.11. The number of methoxy groups -OCH3 is 1. The molecule has 3 nitrogen and oxygen atoms in total. The number of nitrogens with zero attached hydrogens (tertiary/aromatic N) is 1. The van der Waals surface area contributed by atoms with Crippen LogP contribution in [0.25, 0.3) is 10.9 Å². The van der Waals surface area contributed by atoms with Crippen LogP contribution in [0.2, 0.25) is 0 Å². The summed E-state index contributed by atoms with van der Waals surface area (Å²) in [4.78, 5) is 16.0. The normalized spacial score (nSPS) is 10.6. The average molecular weight is 215 g/mol. The smallest absolute Gasteiger partial charge is 0.206 e. The SMILES string of the molecule is COCC(=O)c1cc(C)c2ccccc2n1. The third kappa shape index (κ3) is 1.95. The third-order valence-electron chi connectivity index (χ3n) is 2.48. The summed E-state index contributed by atoms with van der Waals surface area (Å²) < 4.78 is 4.82. The van der Waals surface area contributed by atoms with E-state index in [1.54, 1.807) is 0 Å². The van der Waals surface area contributed by atoms with Gasteiger partial charge in [-0.25, -0.2) is 4.98 Å². The predicted octanol–water partition coefficient (Wildman–Crippen LogP) is 2.37. The molecular formula is C13H13NO2. The van der Waals surface area contributed by atoms with Gasteiger partial charge in [0, 0.05) is 12.5 Å². The number of hydrogen-bond donors (Lipinski definition) is 0. The number of benzene rings is 1. The number of Topliss-reactive ketones (excluding diaryl/α,β-unsaturated/α-hetero) is 1. The number of hydrogen-bond acceptors (Lipinski definition) is 3. The van der Waals surface area contributed by atoms with E-state index in [1.807, 2.05) is 37.3 Å². The number of carbonyl (C=O) groups excluding carboxylic acids is 1. The van der Waals surface area contributed by atoms with Crippen molar-refractivity contribution in [2.24, 2.45) is 0 Å². The monoisotopic (exact) mass is 215 g/mol. The van der Waals surface area contributed by atoms with Gasteiger partial charge in [0.15, 0.2) is 0 Å². The van der Waals surface area contributed by atoms with E-state index in [0.29, 0.717) is 5.69 Å². The van der Waals surface area contributed by atoms with Gasteiger partial charge >= 0.3 is 0 Å². The molecule has 0 aliphatic heterocycles. The summed E-state index contributed by atoms with van der Waals surface area (Å²) in [6.07, 6.45) is 0. The maximum Gasteiger partial charge on any atom is 0.206 e. The van der Waals surface area contributed by atoms with Crippen molar-refractivity contribution < 1.29 is 9.53 Å². The zero-order chi connectivity index (χ0) is 11.5. The first-order valence-electron chi connectivity index (χ1n) is 5.11. The van der Waals surface area contributed by atoms with Crippen molar-refractivity contribution >= 4 is 16.7 Å². The van der Waals surface area contributed by atoms with Gasteiger partial charge in [-0.05, 0) is 24.6 Å². The van der Waals surface area contributed by atoms with Gasteiger partial charge in [0.1, 0.15) is 12.3 Å². The minimum absolute atomic E-state index is 0.0742. The van der Waals surface area contributed by atoms with Crippen LogP contribution in [0.5, 0.6) is 0 Å². The molecule has 0 N–H and O–H groups in total. The van der Waals surface area contributed by atoms with Crippen LogP contribution < -0.4 is 0 Å². The molecule has 3 heteroatoms. The maximum absolute atomic E-state index is 11.7. The van der Waals surface area contributed by atoms with Crippen LogP contribution in [-0.4, -0.2) is 24.5 Å². The molecule has 1 aromatic heterocycles. The highest BCUT2D eigenvalue weighted by Gasteiger charge is 2.09. The van der Waals surface area contributed by atoms with Gasteiger partial charge in [0.2, 0.25) is 5.78 Å². The Bertz CT molecular complexity index is 534. The topological polar surface area (TPSA) is 39.2 Å². The Labute approximate surface area is 94.1 Å². The first-order chi connectivity index (χ1) is 7.72. The molecule has 0 spiro atoms. The van der Waals surface area contributed by atoms with Crippen molar-refractivity contribution in [3.63, 3.8) is 0 Å². The zero-order valence-electron chi connectivity index (χ0n) is 9.36. The average Bonchev–Trinajstić information content (AvgIpc) is 2.29. The highest BCUT2D eigenvalue weighted by molar-refractivity contribution is 5.98. The number of ether oxygens (including phenoxy) is 1. The fraction of sp³-hybridized carbons (Fsp3) is 0.231. The summed E-state index contributed by atoms with van der Waals surface area (Å²) in [6.45, 7) is 2.05. The third-order valence-corrected chi connectivity index (χ3v) is 2.48. The molecule has 0 aliphatic rings. The van der Waals surface area contributed by atoms with Crippen LogP contribution in [0.1, 0.15) is 16.1 Å². The van der Waals surface area contributed by atoms with Crippen LogP contribution in [0.15, 0.2) is 30.3 Å². The van der Waals surface area contributed by atoms with E-state index in [0.717, 1.165) is 16.5 Å². The molecular weight excluding hydrogens is 202 g/mol. The molecule has 1 aromatic carbocycles. The van der Waals surface area contributed by atoms with E-state index >= 15 is 0 Å². The molecule has 0 atom stereocenters. The lowest BCUT2D eigenvalue weighted by molar-refractivity contribution is 0.0843. The van der Waals surface area contributed by atoms with Crippen molar-refractivity contribution in [3.05, 3.63) is 41.6 Å². The molecule has 0 unspecified atom stereocenters. The Morgan fingerprint density at radius 3 is 2.88 bits per heavy atom. The van der Waals surface area contributed by atoms with E-state index in [2.05, 4.69) is 4.98 Å². The number of aromatic nitrogens is 1. The predicted molar refractivity (Wildman–Crippen MR) is 62.7 cm³/mol. The fourth-order valence-corrected chi connectivity index (χ4v) is 1.70. The van der Waals surface area contributed by atoms with Gasteiger partial charge in [-0.15, -0.1) is 0 Å². The minimum atomic E-state index is -0.0867. The standard InChI is InChI=1S/C13H13NO2/c1-9-7-12(13(15)8-16-2)14-11-6-4-3-5-10(9)11/h3-7H,8H2,1-2H3. The number of carbonyl (C=O) groups is 1. The fourth-order valence-electron chi connectivity index (χ4n) is 1.70. The van der Waals surface area contributed by atoms with E-state index in [4.69, 9.17) is 4.74 Å². The summed E-state index contributed by atoms with van der Waals surface area (Å²) in [6, 6.07) is 9.60. The van der Waals surface area contributed by atoms with Crippen molar-refractivity contribution in [3.8, 4) is 0 Å². The number of aryl methyl sites for hydroxylation is 1. The van der Waals surface area contributed by atoms with Gasteiger partial charge < -0.3 is 4.74 Å². The van der Waals surface area contributed by atoms with Crippen LogP contribution in [0.3, 0.4) is 0 Å². The van der Waals surface area contributed by atoms with Crippen LogP contribution in [-0.2, 0) is 4.74 Å². The quantitative estimate of drug-likeness (QED) is 0.738. The van der Waals surface area contributed by atoms with Crippen molar-refractivity contribution in [2.75, 3.05) is 13.7 Å². The first kappa shape index (κ1) is 10.8. The zero-order valence-corrected chi connectivity index (χ0v) is 9.36. The van der Waals surface area contributed by atoms with Crippen LogP contribution >= 0.6 is 0 Å². The molecule has 0 saturated carbocycles. The van der Waals surface area contributed by atoms with E-state index in [1.165, 1.54) is 7.11 Å². The van der Waals surface area contributed by atoms with Crippen LogP contribution in [0.4, 0.5) is 0 Å². The summed E-state index contributed by atoms with van der Waals surface area (Å²) >= 11 is 0. The molecule has 0 aliphatic carbocycles. The van der Waals surface area contributed by atoms with Gasteiger partial charge in [0.05, 0.1) is 5.52 Å². The lowest BCUT2D eigenvalue weighted by Gasteiger charge is -2.05. The molecule has 0 amide bonds. The van der Waals surface area contributed by atoms with Gasteiger partial charge in [-0.2, -0.15) is 0 Å². The number of para-hydroxylation sites is 1. The Morgan fingerprint density at radius 1 is 1.38 bits per heavy atom. The molecule has 0 bridgehead atoms. The highest BCUT2D eigenvalue weighted by atomic mass is 16.5. The van der Waals surface area contributed by atoms with E-state index in [9.17, 15) is 4.79 Å². The summed E-state index contributed by atoms with van der Waals surface area (Å²) in [5, 5.41) is 1.08. The molecule has 0 saturated heterocycles. The van der Waals surface area contributed by atoms with Crippen molar-refractivity contribution in [2.45, 2.75) is 6.92 Å². The Hall–Kier alpha value is -1.74. The Balaban J connectivity index is 2.53. The van der Waals surface area contributed by atoms with Crippen molar-refractivity contribution in [1.29, 1.82) is 0 Å². The summed E-state index contributed by atoms with van der Waals surface area (Å²) in [7, 11) is 1.51. The second kappa shape index (κ2) is 4.41. The van der Waals surface area contributed by atoms with Gasteiger partial charge in [0.25, 0.3) is 0 Å². The molecule has 1 heterocycles. The molecule has 2 aromatic rings. The van der Waals surface area contributed by atoms with E-state index in [-0.39, 0.29) is 12.4 Å². The van der Waals surface area contributed by atoms with Crippen LogP contribution in [0, 0.1) is 6.92 Å². The lowest BCUT2D eigenvalue weighted by atomic mass is 10.1. The van der Waals surface area contributed by atoms with Gasteiger partial charge in [-0.1, -0.05) is 18.2 Å². The molecule has 2 rings (SSSR count).